The van der Waals surface area contributed by atoms with Crippen LogP contribution in [0.5, 0.6) is 5.75 Å². The monoisotopic (exact) mass is 278 g/mol. The third kappa shape index (κ3) is 2.55. The maximum absolute atomic E-state index is 11.3. The van der Waals surface area contributed by atoms with Crippen LogP contribution in [-0.2, 0) is 9.53 Å². The second kappa shape index (κ2) is 4.93. The van der Waals surface area contributed by atoms with Crippen LogP contribution in [0, 0.1) is 0 Å². The Balaban J connectivity index is 1.75. The highest BCUT2D eigenvalue weighted by Gasteiger charge is 2.29. The van der Waals surface area contributed by atoms with Gasteiger partial charge in [0.25, 0.3) is 5.22 Å². The van der Waals surface area contributed by atoms with E-state index in [2.05, 4.69) is 10.2 Å². The molecule has 1 aromatic heterocycles. The zero-order valence-electron chi connectivity index (χ0n) is 9.78. The lowest BCUT2D eigenvalue weighted by molar-refractivity contribution is -0.137. The van der Waals surface area contributed by atoms with Gasteiger partial charge in [0.1, 0.15) is 11.0 Å². The van der Waals surface area contributed by atoms with Crippen molar-refractivity contribution >= 4 is 17.7 Å². The quantitative estimate of drug-likeness (QED) is 0.857. The maximum atomic E-state index is 11.3. The molecule has 1 fully saturated rings. The first-order valence-corrected chi connectivity index (χ1v) is 6.56. The number of phenols is 1. The minimum atomic E-state index is -0.270. The Morgan fingerprint density at radius 1 is 1.26 bits per heavy atom. The zero-order valence-corrected chi connectivity index (χ0v) is 10.6. The molecule has 0 bridgehead atoms. The predicted molar refractivity (Wildman–Crippen MR) is 66.6 cm³/mol. The molecule has 0 radical (unpaired) electrons. The van der Waals surface area contributed by atoms with Crippen molar-refractivity contribution in [3.63, 3.8) is 0 Å². The van der Waals surface area contributed by atoms with E-state index < -0.39 is 0 Å². The molecule has 1 atom stereocenters. The number of thioether (sulfide) groups is 1. The van der Waals surface area contributed by atoms with Crippen molar-refractivity contribution in [3.8, 4) is 17.2 Å². The second-order valence-corrected chi connectivity index (χ2v) is 5.14. The van der Waals surface area contributed by atoms with Crippen LogP contribution in [0.15, 0.2) is 33.9 Å². The van der Waals surface area contributed by atoms with E-state index in [0.29, 0.717) is 29.7 Å². The maximum Gasteiger partial charge on any atom is 0.319 e. The number of hydrogen-bond acceptors (Lipinski definition) is 7. The molecule has 7 heteroatoms. The Kier molecular flexibility index (Phi) is 3.12. The van der Waals surface area contributed by atoms with Crippen molar-refractivity contribution in [2.75, 3.05) is 6.61 Å². The van der Waals surface area contributed by atoms with E-state index in [-0.39, 0.29) is 17.0 Å². The highest BCUT2D eigenvalue weighted by molar-refractivity contribution is 8.00. The van der Waals surface area contributed by atoms with Crippen molar-refractivity contribution in [2.45, 2.75) is 16.9 Å². The van der Waals surface area contributed by atoms with Crippen molar-refractivity contribution in [2.24, 2.45) is 0 Å². The molecule has 1 aliphatic heterocycles. The number of hydrogen-bond donors (Lipinski definition) is 1. The van der Waals surface area contributed by atoms with E-state index in [1.54, 1.807) is 24.3 Å². The number of nitrogens with zero attached hydrogens (tertiary/aromatic N) is 2. The van der Waals surface area contributed by atoms with Gasteiger partial charge in [0.15, 0.2) is 0 Å². The molecule has 1 aliphatic rings. The molecule has 2 aromatic rings. The van der Waals surface area contributed by atoms with Gasteiger partial charge in [0.2, 0.25) is 5.89 Å². The fraction of sp³-hybridized carbons (Fsp3) is 0.250. The van der Waals surface area contributed by atoms with Crippen molar-refractivity contribution in [1.82, 2.24) is 10.2 Å². The standard InChI is InChI=1S/C12H10N2O4S/c15-8-3-1-7(2-4-8)10-13-14-12(18-10)19-9-5-6-17-11(9)16/h1-4,9,15H,5-6H2/t9-/m0/s1. The minimum absolute atomic E-state index is 0.173. The number of aromatic hydroxyl groups is 1. The molecule has 3 rings (SSSR count). The average molecular weight is 278 g/mol. The number of phenolic OH excluding ortho intramolecular Hbond substituents is 1. The van der Waals surface area contributed by atoms with Gasteiger partial charge in [-0.3, -0.25) is 4.79 Å². The molecule has 0 amide bonds. The molecular weight excluding hydrogens is 268 g/mol. The van der Waals surface area contributed by atoms with Crippen molar-refractivity contribution in [3.05, 3.63) is 24.3 Å². The minimum Gasteiger partial charge on any atom is -0.508 e. The lowest BCUT2D eigenvalue weighted by Crippen LogP contribution is -2.09. The second-order valence-electron chi connectivity index (χ2n) is 3.98. The summed E-state index contributed by atoms with van der Waals surface area (Å²) in [4.78, 5) is 11.3. The van der Waals surface area contributed by atoms with Gasteiger partial charge in [0, 0.05) is 12.0 Å². The van der Waals surface area contributed by atoms with Gasteiger partial charge in [-0.05, 0) is 36.0 Å². The highest BCUT2D eigenvalue weighted by Crippen LogP contribution is 2.30. The Labute approximate surface area is 112 Å². The summed E-state index contributed by atoms with van der Waals surface area (Å²) in [5.41, 5.74) is 0.714. The van der Waals surface area contributed by atoms with Crippen LogP contribution < -0.4 is 0 Å². The van der Waals surface area contributed by atoms with Gasteiger partial charge in [-0.25, -0.2) is 0 Å². The molecule has 98 valence electrons. The number of aromatic nitrogens is 2. The molecule has 0 spiro atoms. The fourth-order valence-electron chi connectivity index (χ4n) is 1.68. The van der Waals surface area contributed by atoms with Crippen LogP contribution in [0.25, 0.3) is 11.5 Å². The number of cyclic esters (lactones) is 1. The van der Waals surface area contributed by atoms with Gasteiger partial charge in [-0.2, -0.15) is 0 Å². The Morgan fingerprint density at radius 3 is 2.74 bits per heavy atom. The van der Waals surface area contributed by atoms with E-state index >= 15 is 0 Å². The number of carbonyl (C=O) groups excluding carboxylic acids is 1. The summed E-state index contributed by atoms with van der Waals surface area (Å²) in [6.07, 6.45) is 0.653. The molecule has 6 nitrogen and oxygen atoms in total. The normalized spacial score (nSPS) is 18.5. The molecule has 1 saturated heterocycles. The first-order valence-electron chi connectivity index (χ1n) is 5.68. The molecule has 0 unspecified atom stereocenters. The van der Waals surface area contributed by atoms with E-state index in [1.165, 1.54) is 11.8 Å². The molecule has 1 N–H and O–H groups in total. The van der Waals surface area contributed by atoms with Crippen LogP contribution in [0.2, 0.25) is 0 Å². The smallest absolute Gasteiger partial charge is 0.319 e. The van der Waals surface area contributed by atoms with Crippen LogP contribution in [0.3, 0.4) is 0 Å². The Hall–Kier alpha value is -2.02. The third-order valence-corrected chi connectivity index (χ3v) is 3.73. The summed E-state index contributed by atoms with van der Waals surface area (Å²) in [6, 6.07) is 6.45. The van der Waals surface area contributed by atoms with Gasteiger partial charge in [-0.15, -0.1) is 10.2 Å². The van der Waals surface area contributed by atoms with Crippen LogP contribution in [-0.4, -0.2) is 33.1 Å². The van der Waals surface area contributed by atoms with Crippen LogP contribution in [0.4, 0.5) is 0 Å². The number of esters is 1. The van der Waals surface area contributed by atoms with Crippen LogP contribution >= 0.6 is 11.8 Å². The molecule has 19 heavy (non-hydrogen) atoms. The number of rotatable bonds is 3. The lowest BCUT2D eigenvalue weighted by atomic mass is 10.2. The number of ether oxygens (including phenoxy) is 1. The van der Waals surface area contributed by atoms with Crippen molar-refractivity contribution < 1.29 is 19.1 Å². The first kappa shape index (κ1) is 12.0. The Bertz CT molecular complexity index is 596. The SMILES string of the molecule is O=C1OCC[C@@H]1Sc1nnc(-c2ccc(O)cc2)o1. The molecular formula is C12H10N2O4S. The van der Waals surface area contributed by atoms with Gasteiger partial charge < -0.3 is 14.3 Å². The van der Waals surface area contributed by atoms with Crippen LogP contribution in [0.1, 0.15) is 6.42 Å². The molecule has 0 aliphatic carbocycles. The van der Waals surface area contributed by atoms with Gasteiger partial charge in [0.05, 0.1) is 6.61 Å². The first-order chi connectivity index (χ1) is 9.22. The zero-order chi connectivity index (χ0) is 13.2. The Morgan fingerprint density at radius 2 is 2.05 bits per heavy atom. The van der Waals surface area contributed by atoms with E-state index in [0.717, 1.165) is 0 Å². The predicted octanol–water partition coefficient (Wildman–Crippen LogP) is 1.85. The summed E-state index contributed by atoms with van der Waals surface area (Å²) in [5.74, 6) is 0.287. The largest absolute Gasteiger partial charge is 0.508 e. The van der Waals surface area contributed by atoms with E-state index in [4.69, 9.17) is 9.15 Å². The summed E-state index contributed by atoms with van der Waals surface area (Å²) < 4.78 is 10.3. The molecule has 1 aromatic carbocycles. The van der Waals surface area contributed by atoms with Gasteiger partial charge in [-0.1, -0.05) is 0 Å². The summed E-state index contributed by atoms with van der Waals surface area (Å²) in [7, 11) is 0. The van der Waals surface area contributed by atoms with Crippen molar-refractivity contribution in [1.29, 1.82) is 0 Å². The topological polar surface area (TPSA) is 85.5 Å². The fourth-order valence-corrected chi connectivity index (χ4v) is 2.52. The van der Waals surface area contributed by atoms with E-state index in [9.17, 15) is 9.90 Å². The lowest BCUT2D eigenvalue weighted by Gasteiger charge is -1.99. The molecule has 0 saturated carbocycles. The van der Waals surface area contributed by atoms with E-state index in [1.807, 2.05) is 0 Å². The number of carbonyl (C=O) groups is 1. The summed E-state index contributed by atoms with van der Waals surface area (Å²) in [6.45, 7) is 0.440. The summed E-state index contributed by atoms with van der Waals surface area (Å²) >= 11 is 1.21. The number of benzene rings is 1. The van der Waals surface area contributed by atoms with Gasteiger partial charge >= 0.3 is 5.97 Å². The summed E-state index contributed by atoms with van der Waals surface area (Å²) in [5, 5.41) is 17.1. The average Bonchev–Trinajstić information content (AvgIpc) is 3.01. The highest BCUT2D eigenvalue weighted by atomic mass is 32.2. The molecule has 2 heterocycles. The third-order valence-electron chi connectivity index (χ3n) is 2.65.